The summed E-state index contributed by atoms with van der Waals surface area (Å²) in [4.78, 5) is 0.817. The molecule has 32 heavy (non-hydrogen) atoms. The lowest BCUT2D eigenvalue weighted by Crippen LogP contribution is -2.13. The molecule has 0 saturated heterocycles. The van der Waals surface area contributed by atoms with Crippen LogP contribution in [0.15, 0.2) is 33.6 Å². The molecule has 9 heteroatoms. The Morgan fingerprint density at radius 2 is 1.25 bits per heavy atom. The molecule has 0 unspecified atom stereocenters. The fourth-order valence-corrected chi connectivity index (χ4v) is 5.06. The van der Waals surface area contributed by atoms with Crippen molar-refractivity contribution in [1.29, 1.82) is 0 Å². The van der Waals surface area contributed by atoms with Crippen LogP contribution >= 0.6 is 27.9 Å². The topological polar surface area (TPSA) is 12.0 Å². The van der Waals surface area contributed by atoms with Gasteiger partial charge < -0.3 is 4.72 Å². The summed E-state index contributed by atoms with van der Waals surface area (Å²) in [5, 5.41) is 0. The van der Waals surface area contributed by atoms with Crippen LogP contribution in [-0.2, 0) is 12.4 Å². The number of anilines is 1. The van der Waals surface area contributed by atoms with Gasteiger partial charge in [-0.1, -0.05) is 53.7 Å². The van der Waals surface area contributed by atoms with Gasteiger partial charge in [-0.25, -0.2) is 0 Å². The third-order valence-corrected chi connectivity index (χ3v) is 6.90. The summed E-state index contributed by atoms with van der Waals surface area (Å²) in [5.74, 6) is 0.515. The monoisotopic (exact) mass is 541 g/mol. The molecule has 0 heterocycles. The van der Waals surface area contributed by atoms with Crippen LogP contribution in [0.4, 0.5) is 32.0 Å². The van der Waals surface area contributed by atoms with Gasteiger partial charge >= 0.3 is 12.4 Å². The van der Waals surface area contributed by atoms with E-state index in [0.29, 0.717) is 6.07 Å². The van der Waals surface area contributed by atoms with Crippen molar-refractivity contribution in [2.24, 2.45) is 0 Å². The molecule has 0 radical (unpaired) electrons. The summed E-state index contributed by atoms with van der Waals surface area (Å²) < 4.78 is 82.3. The van der Waals surface area contributed by atoms with E-state index in [0.717, 1.165) is 33.5 Å². The minimum Gasteiger partial charge on any atom is -0.325 e. The molecule has 1 N–H and O–H groups in total. The van der Waals surface area contributed by atoms with Crippen molar-refractivity contribution in [2.45, 2.75) is 76.5 Å². The van der Waals surface area contributed by atoms with Crippen LogP contribution in [-0.4, -0.2) is 0 Å². The highest BCUT2D eigenvalue weighted by molar-refractivity contribution is 9.10. The Kier molecular flexibility index (Phi) is 8.30. The summed E-state index contributed by atoms with van der Waals surface area (Å²) in [6.07, 6.45) is -9.85. The van der Waals surface area contributed by atoms with Gasteiger partial charge in [-0.05, 0) is 74.5 Å². The molecular formula is C23H26BrF6NS. The van der Waals surface area contributed by atoms with Crippen LogP contribution in [0.5, 0.6) is 0 Å². The number of nitrogens with one attached hydrogen (secondary N) is 1. The number of alkyl halides is 6. The van der Waals surface area contributed by atoms with Crippen molar-refractivity contribution in [3.05, 3.63) is 56.6 Å². The zero-order valence-corrected chi connectivity index (χ0v) is 21.0. The van der Waals surface area contributed by atoms with Gasteiger partial charge in [-0.2, -0.15) is 26.3 Å². The molecule has 0 spiro atoms. The molecule has 0 aliphatic carbocycles. The molecule has 0 aromatic heterocycles. The van der Waals surface area contributed by atoms with Crippen molar-refractivity contribution in [1.82, 2.24) is 0 Å². The van der Waals surface area contributed by atoms with Crippen LogP contribution in [0.25, 0.3) is 0 Å². The van der Waals surface area contributed by atoms with Gasteiger partial charge in [0.15, 0.2) is 0 Å². The van der Waals surface area contributed by atoms with E-state index in [9.17, 15) is 26.3 Å². The highest BCUT2D eigenvalue weighted by Gasteiger charge is 2.39. The van der Waals surface area contributed by atoms with Crippen LogP contribution in [0, 0.1) is 0 Å². The maximum atomic E-state index is 13.4. The second-order valence-electron chi connectivity index (χ2n) is 8.58. The van der Waals surface area contributed by atoms with Crippen molar-refractivity contribution in [3.8, 4) is 0 Å². The second-order valence-corrected chi connectivity index (χ2v) is 10.2. The maximum Gasteiger partial charge on any atom is 0.417 e. The molecule has 0 atom stereocenters. The number of benzene rings is 2. The molecule has 2 aromatic carbocycles. The van der Waals surface area contributed by atoms with E-state index >= 15 is 0 Å². The van der Waals surface area contributed by atoms with E-state index in [1.54, 1.807) is 0 Å². The Balaban J connectivity index is 2.61. The van der Waals surface area contributed by atoms with Crippen molar-refractivity contribution in [3.63, 3.8) is 0 Å². The van der Waals surface area contributed by atoms with Crippen molar-refractivity contribution in [2.75, 3.05) is 4.72 Å². The molecular weight excluding hydrogens is 516 g/mol. The van der Waals surface area contributed by atoms with Gasteiger partial charge in [0.25, 0.3) is 0 Å². The Labute approximate surface area is 197 Å². The Hall–Kier alpha value is -1.35. The summed E-state index contributed by atoms with van der Waals surface area (Å²) >= 11 is 3.90. The SMILES string of the molecule is CC(C)c1cc(C(C)C)c(SNc2cc(C(F)(F)F)cc(C(F)(F)F)c2Br)c(C(C)C)c1. The normalized spacial score (nSPS) is 12.9. The summed E-state index contributed by atoms with van der Waals surface area (Å²) in [7, 11) is 0. The van der Waals surface area contributed by atoms with E-state index < -0.39 is 28.0 Å². The van der Waals surface area contributed by atoms with E-state index in [1.807, 2.05) is 27.7 Å². The zero-order chi connectivity index (χ0) is 24.6. The summed E-state index contributed by atoms with van der Waals surface area (Å²) in [6.45, 7) is 12.2. The molecule has 178 valence electrons. The molecule has 0 fully saturated rings. The molecule has 2 aromatic rings. The molecule has 0 aliphatic rings. The first-order valence-corrected chi connectivity index (χ1v) is 11.7. The lowest BCUT2D eigenvalue weighted by molar-refractivity contribution is -0.143. The molecule has 0 bridgehead atoms. The number of rotatable bonds is 6. The molecule has 2 rings (SSSR count). The van der Waals surface area contributed by atoms with Gasteiger partial charge in [0.05, 0.1) is 21.3 Å². The van der Waals surface area contributed by atoms with Crippen LogP contribution < -0.4 is 4.72 Å². The highest BCUT2D eigenvalue weighted by atomic mass is 79.9. The number of hydrogen-bond acceptors (Lipinski definition) is 2. The van der Waals surface area contributed by atoms with E-state index in [4.69, 9.17) is 0 Å². The second kappa shape index (κ2) is 9.87. The van der Waals surface area contributed by atoms with Gasteiger partial charge in [-0.15, -0.1) is 0 Å². The minimum absolute atomic E-state index is 0.117. The van der Waals surface area contributed by atoms with Crippen LogP contribution in [0.1, 0.15) is 87.1 Å². The van der Waals surface area contributed by atoms with Gasteiger partial charge in [-0.3, -0.25) is 0 Å². The molecule has 0 saturated carbocycles. The average Bonchev–Trinajstić information content (AvgIpc) is 2.64. The van der Waals surface area contributed by atoms with E-state index in [-0.39, 0.29) is 29.5 Å². The van der Waals surface area contributed by atoms with Crippen molar-refractivity contribution < 1.29 is 26.3 Å². The third-order valence-electron chi connectivity index (χ3n) is 5.05. The first-order chi connectivity index (χ1) is 14.5. The lowest BCUT2D eigenvalue weighted by atomic mass is 9.89. The quantitative estimate of drug-likeness (QED) is 0.288. The molecule has 1 nitrogen and oxygen atoms in total. The van der Waals surface area contributed by atoms with Crippen LogP contribution in [0.3, 0.4) is 0 Å². The lowest BCUT2D eigenvalue weighted by Gasteiger charge is -2.23. The first-order valence-electron chi connectivity index (χ1n) is 10.1. The smallest absolute Gasteiger partial charge is 0.325 e. The predicted octanol–water partition coefficient (Wildman–Crippen LogP) is 9.98. The first kappa shape index (κ1) is 26.9. The predicted molar refractivity (Wildman–Crippen MR) is 122 cm³/mol. The summed E-state index contributed by atoms with van der Waals surface area (Å²) in [5.41, 5.74) is 0.113. The van der Waals surface area contributed by atoms with Gasteiger partial charge in [0.2, 0.25) is 0 Å². The minimum atomic E-state index is -4.94. The van der Waals surface area contributed by atoms with Gasteiger partial charge in [0, 0.05) is 4.90 Å². The standard InChI is InChI=1S/C23H26BrF6NS/c1-11(2)14-7-16(12(3)4)21(17(8-14)13(5)6)32-31-19-10-15(22(25,26)27)9-18(20(19)24)23(28,29)30/h7-13,31H,1-6H3. The van der Waals surface area contributed by atoms with E-state index in [2.05, 4.69) is 46.6 Å². The Morgan fingerprint density at radius 3 is 1.62 bits per heavy atom. The van der Waals surface area contributed by atoms with Gasteiger partial charge in [0.1, 0.15) is 0 Å². The largest absolute Gasteiger partial charge is 0.417 e. The maximum absolute atomic E-state index is 13.4. The Morgan fingerprint density at radius 1 is 0.750 bits per heavy atom. The average molecular weight is 542 g/mol. The Bertz CT molecular complexity index is 935. The highest BCUT2D eigenvalue weighted by Crippen LogP contribution is 2.45. The van der Waals surface area contributed by atoms with Crippen molar-refractivity contribution >= 4 is 33.6 Å². The number of hydrogen-bond donors (Lipinski definition) is 1. The molecule has 0 amide bonds. The molecule has 0 aliphatic heterocycles. The summed E-state index contributed by atoms with van der Waals surface area (Å²) in [6, 6.07) is 4.94. The number of halogens is 7. The van der Waals surface area contributed by atoms with Crippen LogP contribution in [0.2, 0.25) is 0 Å². The third kappa shape index (κ3) is 6.16. The fourth-order valence-electron chi connectivity index (χ4n) is 3.18. The zero-order valence-electron chi connectivity index (χ0n) is 18.6. The fraction of sp³-hybridized carbons (Fsp3) is 0.478. The van der Waals surface area contributed by atoms with E-state index in [1.165, 1.54) is 0 Å².